The first kappa shape index (κ1) is 23.9. The molecule has 6 nitrogen and oxygen atoms in total. The van der Waals surface area contributed by atoms with Gasteiger partial charge in [0.2, 0.25) is 0 Å². The van der Waals surface area contributed by atoms with Gasteiger partial charge in [0.15, 0.2) is 0 Å². The summed E-state index contributed by atoms with van der Waals surface area (Å²) in [5.74, 6) is 0. The Labute approximate surface area is 106 Å². The summed E-state index contributed by atoms with van der Waals surface area (Å²) in [6, 6.07) is 1.78. The molecule has 0 saturated carbocycles. The van der Waals surface area contributed by atoms with Gasteiger partial charge in [-0.3, -0.25) is 0 Å². The van der Waals surface area contributed by atoms with Crippen LogP contribution in [0.4, 0.5) is 0 Å². The molecular formula is C4H7Cl2N2O4PZn. The van der Waals surface area contributed by atoms with Crippen molar-refractivity contribution in [2.24, 2.45) is 0 Å². The topological polar surface area (TPSA) is 104 Å². The quantitative estimate of drug-likeness (QED) is 0.325. The molecule has 0 aliphatic carbocycles. The normalized spacial score (nSPS) is 7.64. The number of rotatable bonds is 0. The van der Waals surface area contributed by atoms with Crippen molar-refractivity contribution in [3.05, 3.63) is 24.8 Å². The van der Waals surface area contributed by atoms with Gasteiger partial charge in [-0.1, -0.05) is 0 Å². The molecule has 0 bridgehead atoms. The maximum atomic E-state index is 8.88. The zero-order valence-electron chi connectivity index (χ0n) is 6.86. The molecule has 0 unspecified atom stereocenters. The molecule has 3 N–H and O–H groups in total. The maximum Gasteiger partial charge on any atom is 2.00 e. The molecule has 0 saturated heterocycles. The van der Waals surface area contributed by atoms with E-state index < -0.39 is 7.82 Å². The maximum absolute atomic E-state index is 8.88. The Morgan fingerprint density at radius 1 is 1.00 bits per heavy atom. The Morgan fingerprint density at radius 3 is 1.36 bits per heavy atom. The molecule has 0 spiro atoms. The molecule has 1 aromatic heterocycles. The molecule has 0 amide bonds. The number of nitrogens with zero attached hydrogens (tertiary/aromatic N) is 2. The fourth-order valence-corrected chi connectivity index (χ4v) is 0.253. The van der Waals surface area contributed by atoms with Crippen molar-refractivity contribution in [2.75, 3.05) is 0 Å². The van der Waals surface area contributed by atoms with Crippen LogP contribution in [0.3, 0.4) is 0 Å². The summed E-state index contributed by atoms with van der Waals surface area (Å²) in [6.45, 7) is 0. The first-order chi connectivity index (χ1) is 5.00. The fourth-order valence-electron chi connectivity index (χ4n) is 0.253. The SMILES string of the molecule is O=P(O)(O)O.[Cl-].[Cl-].[Zn+2].c1cncnc1. The third-order valence-electron chi connectivity index (χ3n) is 0.478. The average molecular weight is 314 g/mol. The number of aromatic nitrogens is 2. The minimum atomic E-state index is -4.64. The fraction of sp³-hybridized carbons (Fsp3) is 0. The monoisotopic (exact) mass is 312 g/mol. The minimum Gasteiger partial charge on any atom is -1.00 e. The average Bonchev–Trinajstić information content (AvgIpc) is 1.88. The number of phosphoric acid groups is 1. The molecule has 78 valence electrons. The summed E-state index contributed by atoms with van der Waals surface area (Å²) in [6.07, 6.45) is 4.88. The van der Waals surface area contributed by atoms with Crippen LogP contribution in [0.2, 0.25) is 0 Å². The second-order valence-electron chi connectivity index (χ2n) is 1.42. The van der Waals surface area contributed by atoms with E-state index in [0.717, 1.165) is 0 Å². The smallest absolute Gasteiger partial charge is 1.00 e. The summed E-state index contributed by atoms with van der Waals surface area (Å²) >= 11 is 0. The van der Waals surface area contributed by atoms with E-state index in [1.807, 2.05) is 0 Å². The largest absolute Gasteiger partial charge is 2.00 e. The van der Waals surface area contributed by atoms with Crippen LogP contribution in [0.1, 0.15) is 0 Å². The van der Waals surface area contributed by atoms with Crippen LogP contribution < -0.4 is 24.8 Å². The third-order valence-corrected chi connectivity index (χ3v) is 0.478. The van der Waals surface area contributed by atoms with Gasteiger partial charge in [0.05, 0.1) is 0 Å². The Bertz CT molecular complexity index is 201. The number of hydrogen-bond donors (Lipinski definition) is 3. The molecule has 0 aliphatic heterocycles. The molecule has 1 rings (SSSR count). The van der Waals surface area contributed by atoms with Crippen molar-refractivity contribution in [1.82, 2.24) is 9.97 Å². The van der Waals surface area contributed by atoms with Crippen molar-refractivity contribution in [1.29, 1.82) is 0 Å². The zero-order valence-corrected chi connectivity index (χ0v) is 12.2. The molecule has 14 heavy (non-hydrogen) atoms. The van der Waals surface area contributed by atoms with E-state index >= 15 is 0 Å². The summed E-state index contributed by atoms with van der Waals surface area (Å²) < 4.78 is 8.88. The van der Waals surface area contributed by atoms with Crippen molar-refractivity contribution >= 4 is 7.82 Å². The van der Waals surface area contributed by atoms with E-state index in [2.05, 4.69) is 9.97 Å². The predicted molar refractivity (Wildman–Crippen MR) is 36.3 cm³/mol. The van der Waals surface area contributed by atoms with Crippen LogP contribution in [0.25, 0.3) is 0 Å². The zero-order chi connectivity index (χ0) is 8.74. The summed E-state index contributed by atoms with van der Waals surface area (Å²) in [5, 5.41) is 0. The standard InChI is InChI=1S/C4H4N2.2ClH.H3O4P.Zn/c1-2-5-4-6-3-1;;;1-5(2,3)4;/h1-4H;2*1H;(H3,1,2,3,4);/q;;;;+2/p-2. The summed E-state index contributed by atoms with van der Waals surface area (Å²) in [7, 11) is -4.64. The Morgan fingerprint density at radius 2 is 1.29 bits per heavy atom. The number of halogens is 2. The minimum absolute atomic E-state index is 0. The van der Waals surface area contributed by atoms with E-state index in [1.54, 1.807) is 18.5 Å². The molecule has 10 heteroatoms. The van der Waals surface area contributed by atoms with Gasteiger partial charge in [0.25, 0.3) is 0 Å². The molecule has 0 atom stereocenters. The van der Waals surface area contributed by atoms with Crippen molar-refractivity contribution in [2.45, 2.75) is 0 Å². The second-order valence-corrected chi connectivity index (χ2v) is 2.44. The van der Waals surface area contributed by atoms with Crippen LogP contribution in [0.5, 0.6) is 0 Å². The summed E-state index contributed by atoms with van der Waals surface area (Å²) in [5.41, 5.74) is 0. The van der Waals surface area contributed by atoms with Crippen molar-refractivity contribution in [3.63, 3.8) is 0 Å². The van der Waals surface area contributed by atoms with Crippen molar-refractivity contribution in [3.8, 4) is 0 Å². The summed E-state index contributed by atoms with van der Waals surface area (Å²) in [4.78, 5) is 28.9. The molecule has 0 fully saturated rings. The predicted octanol–water partition coefficient (Wildman–Crippen LogP) is -6.45. The van der Waals surface area contributed by atoms with E-state index in [1.165, 1.54) is 6.33 Å². The second kappa shape index (κ2) is 13.4. The van der Waals surface area contributed by atoms with Gasteiger partial charge in [-0.2, -0.15) is 0 Å². The number of hydrogen-bond acceptors (Lipinski definition) is 3. The van der Waals surface area contributed by atoms with Gasteiger partial charge >= 0.3 is 27.3 Å². The van der Waals surface area contributed by atoms with Gasteiger partial charge < -0.3 is 39.5 Å². The molecule has 0 aliphatic rings. The van der Waals surface area contributed by atoms with E-state index in [9.17, 15) is 0 Å². The van der Waals surface area contributed by atoms with Crippen LogP contribution in [-0.4, -0.2) is 24.6 Å². The van der Waals surface area contributed by atoms with E-state index in [0.29, 0.717) is 0 Å². The van der Waals surface area contributed by atoms with Crippen LogP contribution in [0, 0.1) is 0 Å². The molecule has 1 heterocycles. The Balaban J connectivity index is -0.0000000597. The first-order valence-corrected chi connectivity index (χ1v) is 4.05. The Kier molecular flexibility index (Phi) is 22.9. The third kappa shape index (κ3) is 39.4. The molecule has 0 aromatic carbocycles. The molecular weight excluding hydrogens is 307 g/mol. The van der Waals surface area contributed by atoms with Gasteiger partial charge in [-0.15, -0.1) is 0 Å². The first-order valence-electron chi connectivity index (χ1n) is 2.48. The Hall–Kier alpha value is 0.393. The molecule has 1 aromatic rings. The van der Waals surface area contributed by atoms with E-state index in [4.69, 9.17) is 19.2 Å². The van der Waals surface area contributed by atoms with Crippen LogP contribution in [-0.2, 0) is 24.0 Å². The van der Waals surface area contributed by atoms with Crippen LogP contribution >= 0.6 is 7.82 Å². The van der Waals surface area contributed by atoms with Gasteiger partial charge in [-0.25, -0.2) is 14.5 Å². The molecule has 0 radical (unpaired) electrons. The van der Waals surface area contributed by atoms with Gasteiger partial charge in [0.1, 0.15) is 6.33 Å². The van der Waals surface area contributed by atoms with Gasteiger partial charge in [0, 0.05) is 12.4 Å². The van der Waals surface area contributed by atoms with E-state index in [-0.39, 0.29) is 44.3 Å². The van der Waals surface area contributed by atoms with Crippen molar-refractivity contribution < 1.29 is 63.5 Å². The van der Waals surface area contributed by atoms with Crippen LogP contribution in [0.15, 0.2) is 24.8 Å². The van der Waals surface area contributed by atoms with Gasteiger partial charge in [-0.05, 0) is 6.07 Å².